The summed E-state index contributed by atoms with van der Waals surface area (Å²) < 4.78 is 39.9. The molecular weight excluding hydrogens is 316 g/mol. The topological polar surface area (TPSA) is 29.5 Å². The van der Waals surface area contributed by atoms with Crippen molar-refractivity contribution in [2.75, 3.05) is 0 Å². The Hall–Kier alpha value is -1.59. The summed E-state index contributed by atoms with van der Waals surface area (Å²) in [6.45, 7) is 0. The molecular formula is C13H7Cl2F3O2. The second-order valence-corrected chi connectivity index (χ2v) is 4.76. The summed E-state index contributed by atoms with van der Waals surface area (Å²) in [5, 5.41) is 10.3. The van der Waals surface area contributed by atoms with E-state index >= 15 is 0 Å². The molecule has 20 heavy (non-hydrogen) atoms. The predicted octanol–water partition coefficient (Wildman–Crippen LogP) is 5.26. The van der Waals surface area contributed by atoms with E-state index in [0.717, 1.165) is 12.1 Å². The molecule has 2 aromatic rings. The van der Waals surface area contributed by atoms with Crippen LogP contribution in [0.15, 0.2) is 36.4 Å². The van der Waals surface area contributed by atoms with Crippen LogP contribution in [-0.4, -0.2) is 11.5 Å². The minimum atomic E-state index is -4.86. The molecule has 2 rings (SSSR count). The van der Waals surface area contributed by atoms with Crippen LogP contribution >= 0.6 is 23.2 Å². The number of rotatable bonds is 2. The van der Waals surface area contributed by atoms with Gasteiger partial charge in [-0.05, 0) is 41.5 Å². The van der Waals surface area contributed by atoms with E-state index in [4.69, 9.17) is 23.2 Å². The number of benzene rings is 2. The van der Waals surface area contributed by atoms with E-state index in [1.165, 1.54) is 12.1 Å². The van der Waals surface area contributed by atoms with E-state index < -0.39 is 17.9 Å². The van der Waals surface area contributed by atoms with Crippen LogP contribution in [0.2, 0.25) is 10.0 Å². The second-order valence-electron chi connectivity index (χ2n) is 3.89. The zero-order valence-corrected chi connectivity index (χ0v) is 11.2. The summed E-state index contributed by atoms with van der Waals surface area (Å²) in [6.07, 6.45) is -4.86. The fourth-order valence-electron chi connectivity index (χ4n) is 1.63. The van der Waals surface area contributed by atoms with Gasteiger partial charge in [-0.15, -0.1) is 13.2 Å². The number of hydrogen-bond acceptors (Lipinski definition) is 2. The number of halogens is 5. The molecule has 2 aromatic carbocycles. The van der Waals surface area contributed by atoms with Gasteiger partial charge in [-0.2, -0.15) is 0 Å². The van der Waals surface area contributed by atoms with Crippen molar-refractivity contribution < 1.29 is 23.0 Å². The minimum Gasteiger partial charge on any atom is -0.504 e. The highest BCUT2D eigenvalue weighted by atomic mass is 35.5. The molecule has 0 aliphatic heterocycles. The van der Waals surface area contributed by atoms with Crippen molar-refractivity contribution >= 4 is 23.2 Å². The van der Waals surface area contributed by atoms with Gasteiger partial charge in [-0.25, -0.2) is 0 Å². The largest absolute Gasteiger partial charge is 0.573 e. The Balaban J connectivity index is 2.38. The summed E-state index contributed by atoms with van der Waals surface area (Å²) in [4.78, 5) is 0. The third-order valence-electron chi connectivity index (χ3n) is 2.38. The lowest BCUT2D eigenvalue weighted by molar-refractivity contribution is -0.275. The Bertz CT molecular complexity index is 622. The van der Waals surface area contributed by atoms with E-state index in [-0.39, 0.29) is 0 Å². The first-order chi connectivity index (χ1) is 9.24. The Morgan fingerprint density at radius 1 is 0.900 bits per heavy atom. The quantitative estimate of drug-likeness (QED) is 0.816. The van der Waals surface area contributed by atoms with Crippen molar-refractivity contribution in [1.29, 1.82) is 0 Å². The number of phenolic OH excluding ortho intramolecular Hbond substituents is 1. The standard InChI is InChI=1S/C13H7Cl2F3O2/c14-9-3-8(4-10(15)6-9)7-1-2-12(11(19)5-7)20-13(16,17)18/h1-6,19H. The van der Waals surface area contributed by atoms with E-state index in [1.807, 2.05) is 0 Å². The second kappa shape index (κ2) is 5.42. The molecule has 0 aromatic heterocycles. The maximum atomic E-state index is 12.1. The van der Waals surface area contributed by atoms with Gasteiger partial charge in [-0.3, -0.25) is 0 Å². The number of phenols is 1. The SMILES string of the molecule is Oc1cc(-c2cc(Cl)cc(Cl)c2)ccc1OC(F)(F)F. The lowest BCUT2D eigenvalue weighted by atomic mass is 10.1. The fraction of sp³-hybridized carbons (Fsp3) is 0.0769. The van der Waals surface area contributed by atoms with Crippen LogP contribution in [0, 0.1) is 0 Å². The molecule has 0 aliphatic rings. The zero-order valence-electron chi connectivity index (χ0n) is 9.71. The first-order valence-electron chi connectivity index (χ1n) is 5.30. The van der Waals surface area contributed by atoms with Crippen LogP contribution in [0.5, 0.6) is 11.5 Å². The van der Waals surface area contributed by atoms with Gasteiger partial charge in [0.1, 0.15) is 0 Å². The van der Waals surface area contributed by atoms with Gasteiger partial charge in [0.2, 0.25) is 0 Å². The summed E-state index contributed by atoms with van der Waals surface area (Å²) in [7, 11) is 0. The average molecular weight is 323 g/mol. The number of alkyl halides is 3. The highest BCUT2D eigenvalue weighted by Gasteiger charge is 2.32. The van der Waals surface area contributed by atoms with Crippen molar-refractivity contribution in [3.8, 4) is 22.6 Å². The number of hydrogen-bond donors (Lipinski definition) is 1. The lowest BCUT2D eigenvalue weighted by Crippen LogP contribution is -2.17. The normalized spacial score (nSPS) is 11.4. The highest BCUT2D eigenvalue weighted by Crippen LogP contribution is 2.36. The van der Waals surface area contributed by atoms with E-state index in [2.05, 4.69) is 4.74 Å². The first kappa shape index (κ1) is 14.8. The molecule has 1 N–H and O–H groups in total. The number of aromatic hydroxyl groups is 1. The minimum absolute atomic E-state index is 0.377. The van der Waals surface area contributed by atoms with Crippen LogP contribution in [0.25, 0.3) is 11.1 Å². The molecule has 0 fully saturated rings. The lowest BCUT2D eigenvalue weighted by Gasteiger charge is -2.11. The fourth-order valence-corrected chi connectivity index (χ4v) is 2.15. The molecule has 0 unspecified atom stereocenters. The van der Waals surface area contributed by atoms with Gasteiger partial charge in [0.15, 0.2) is 11.5 Å². The van der Waals surface area contributed by atoms with Crippen molar-refractivity contribution in [3.05, 3.63) is 46.4 Å². The van der Waals surface area contributed by atoms with Crippen molar-refractivity contribution in [1.82, 2.24) is 0 Å². The van der Waals surface area contributed by atoms with Crippen LogP contribution in [-0.2, 0) is 0 Å². The van der Waals surface area contributed by atoms with Gasteiger partial charge >= 0.3 is 6.36 Å². The number of ether oxygens (including phenoxy) is 1. The molecule has 0 atom stereocenters. The average Bonchev–Trinajstić information content (AvgIpc) is 2.29. The van der Waals surface area contributed by atoms with Crippen LogP contribution in [0.1, 0.15) is 0 Å². The summed E-state index contributed by atoms with van der Waals surface area (Å²) in [5.74, 6) is -1.30. The Kier molecular flexibility index (Phi) is 4.01. The van der Waals surface area contributed by atoms with E-state index in [9.17, 15) is 18.3 Å². The monoisotopic (exact) mass is 322 g/mol. The van der Waals surface area contributed by atoms with Gasteiger partial charge in [0.05, 0.1) is 0 Å². The Labute approximate surface area is 122 Å². The van der Waals surface area contributed by atoms with E-state index in [1.54, 1.807) is 12.1 Å². The Morgan fingerprint density at radius 3 is 2.00 bits per heavy atom. The van der Waals surface area contributed by atoms with E-state index in [0.29, 0.717) is 21.2 Å². The smallest absolute Gasteiger partial charge is 0.504 e. The third-order valence-corrected chi connectivity index (χ3v) is 2.82. The van der Waals surface area contributed by atoms with Gasteiger partial charge in [-0.1, -0.05) is 29.3 Å². The maximum Gasteiger partial charge on any atom is 0.573 e. The molecule has 0 aliphatic carbocycles. The van der Waals surface area contributed by atoms with Gasteiger partial charge in [0.25, 0.3) is 0 Å². The molecule has 2 nitrogen and oxygen atoms in total. The van der Waals surface area contributed by atoms with Crippen LogP contribution in [0.3, 0.4) is 0 Å². The molecule has 0 radical (unpaired) electrons. The van der Waals surface area contributed by atoms with Crippen molar-refractivity contribution in [2.45, 2.75) is 6.36 Å². The molecule has 0 amide bonds. The Morgan fingerprint density at radius 2 is 1.50 bits per heavy atom. The first-order valence-corrected chi connectivity index (χ1v) is 6.05. The molecule has 0 spiro atoms. The van der Waals surface area contributed by atoms with Crippen molar-refractivity contribution in [2.24, 2.45) is 0 Å². The molecule has 0 bridgehead atoms. The van der Waals surface area contributed by atoms with Gasteiger partial charge in [0, 0.05) is 10.0 Å². The molecule has 0 heterocycles. The van der Waals surface area contributed by atoms with Crippen molar-refractivity contribution in [3.63, 3.8) is 0 Å². The van der Waals surface area contributed by atoms with Gasteiger partial charge < -0.3 is 9.84 Å². The molecule has 7 heteroatoms. The maximum absolute atomic E-state index is 12.1. The zero-order chi connectivity index (χ0) is 14.9. The third kappa shape index (κ3) is 3.71. The predicted molar refractivity (Wildman–Crippen MR) is 70.2 cm³/mol. The summed E-state index contributed by atoms with van der Waals surface area (Å²) in [6, 6.07) is 8.20. The summed E-state index contributed by atoms with van der Waals surface area (Å²) in [5.41, 5.74) is 1.03. The van der Waals surface area contributed by atoms with Crippen LogP contribution in [0.4, 0.5) is 13.2 Å². The highest BCUT2D eigenvalue weighted by molar-refractivity contribution is 6.35. The van der Waals surface area contributed by atoms with Crippen LogP contribution < -0.4 is 4.74 Å². The molecule has 0 saturated heterocycles. The molecule has 106 valence electrons. The molecule has 0 saturated carbocycles. The summed E-state index contributed by atoms with van der Waals surface area (Å²) >= 11 is 11.7.